The average Bonchev–Trinajstić information content (AvgIpc) is 2.37. The van der Waals surface area contributed by atoms with Crippen molar-refractivity contribution in [2.45, 2.75) is 26.4 Å². The Balaban J connectivity index is 2.41. The van der Waals surface area contributed by atoms with E-state index in [9.17, 15) is 9.90 Å². The number of hydrogen-bond acceptors (Lipinski definition) is 3. The van der Waals surface area contributed by atoms with E-state index in [2.05, 4.69) is 6.58 Å². The minimum atomic E-state index is -0.591. The Morgan fingerprint density at radius 3 is 2.45 bits per heavy atom. The van der Waals surface area contributed by atoms with E-state index in [-0.39, 0.29) is 11.3 Å². The highest BCUT2D eigenvalue weighted by Gasteiger charge is 2.21. The summed E-state index contributed by atoms with van der Waals surface area (Å²) in [6.45, 7) is 9.11. The molecule has 0 aromatic heterocycles. The van der Waals surface area contributed by atoms with E-state index in [0.717, 1.165) is 5.39 Å². The van der Waals surface area contributed by atoms with Crippen LogP contribution in [0.4, 0.5) is 0 Å². The molecule has 3 heteroatoms. The fourth-order valence-corrected chi connectivity index (χ4v) is 1.95. The molecule has 0 aliphatic rings. The summed E-state index contributed by atoms with van der Waals surface area (Å²) in [6.07, 6.45) is 0. The van der Waals surface area contributed by atoms with Crippen LogP contribution in [0.15, 0.2) is 43.0 Å². The second kappa shape index (κ2) is 5.00. The zero-order valence-electron chi connectivity index (χ0n) is 11.9. The van der Waals surface area contributed by atoms with E-state index in [1.54, 1.807) is 32.9 Å². The van der Waals surface area contributed by atoms with Gasteiger partial charge in [0, 0.05) is 10.9 Å². The van der Waals surface area contributed by atoms with E-state index in [1.807, 2.05) is 24.3 Å². The van der Waals surface area contributed by atoms with Crippen LogP contribution in [0.25, 0.3) is 16.3 Å². The van der Waals surface area contributed by atoms with Crippen LogP contribution < -0.4 is 0 Å². The first kappa shape index (κ1) is 14.1. The van der Waals surface area contributed by atoms with Crippen molar-refractivity contribution in [3.8, 4) is 5.75 Å². The lowest BCUT2D eigenvalue weighted by Crippen LogP contribution is -2.24. The summed E-state index contributed by atoms with van der Waals surface area (Å²) in [5.41, 5.74) is -0.0342. The molecule has 2 rings (SSSR count). The molecule has 20 heavy (non-hydrogen) atoms. The van der Waals surface area contributed by atoms with E-state index in [1.165, 1.54) is 0 Å². The van der Waals surface area contributed by atoms with Crippen LogP contribution >= 0.6 is 0 Å². The molecule has 3 nitrogen and oxygen atoms in total. The summed E-state index contributed by atoms with van der Waals surface area (Å²) in [6, 6.07) is 11.0. The normalized spacial score (nSPS) is 11.3. The summed E-state index contributed by atoms with van der Waals surface area (Å²) in [5.74, 6) is -0.470. The molecule has 0 saturated heterocycles. The molecule has 0 bridgehead atoms. The van der Waals surface area contributed by atoms with Gasteiger partial charge in [-0.1, -0.05) is 36.9 Å². The molecular formula is C17H18O3. The second-order valence-electron chi connectivity index (χ2n) is 5.66. The van der Waals surface area contributed by atoms with Crippen LogP contribution in [0.2, 0.25) is 0 Å². The van der Waals surface area contributed by atoms with Crippen LogP contribution in [0.1, 0.15) is 26.3 Å². The average molecular weight is 270 g/mol. The first-order chi connectivity index (χ1) is 9.29. The van der Waals surface area contributed by atoms with Crippen molar-refractivity contribution in [2.75, 3.05) is 0 Å². The van der Waals surface area contributed by atoms with Crippen molar-refractivity contribution in [1.29, 1.82) is 0 Å². The number of benzene rings is 2. The van der Waals surface area contributed by atoms with Crippen LogP contribution in [0.3, 0.4) is 0 Å². The highest BCUT2D eigenvalue weighted by molar-refractivity contribution is 6.17. The van der Waals surface area contributed by atoms with E-state index in [4.69, 9.17) is 4.74 Å². The smallest absolute Gasteiger partial charge is 0.338 e. The molecule has 0 saturated carbocycles. The number of ether oxygens (including phenoxy) is 1. The summed E-state index contributed by atoms with van der Waals surface area (Å²) in [5, 5.41) is 11.9. The van der Waals surface area contributed by atoms with Gasteiger partial charge in [0.15, 0.2) is 0 Å². The standard InChI is InChI=1S/C17H18O3/c1-11(16(19)20-17(2,3)4)13-10-9-12-7-5-6-8-14(12)15(13)18/h5-10,18H,1H2,2-4H3. The summed E-state index contributed by atoms with van der Waals surface area (Å²) in [7, 11) is 0. The number of phenolic OH excluding ortho intramolecular Hbond substituents is 1. The largest absolute Gasteiger partial charge is 0.507 e. The minimum Gasteiger partial charge on any atom is -0.507 e. The molecule has 0 radical (unpaired) electrons. The van der Waals surface area contributed by atoms with Gasteiger partial charge in [0.1, 0.15) is 11.4 Å². The topological polar surface area (TPSA) is 46.5 Å². The number of aromatic hydroxyl groups is 1. The summed E-state index contributed by atoms with van der Waals surface area (Å²) < 4.78 is 5.27. The number of esters is 1. The highest BCUT2D eigenvalue weighted by Crippen LogP contribution is 2.33. The molecule has 0 spiro atoms. The highest BCUT2D eigenvalue weighted by atomic mass is 16.6. The number of rotatable bonds is 2. The maximum atomic E-state index is 12.0. The van der Waals surface area contributed by atoms with E-state index < -0.39 is 11.6 Å². The van der Waals surface area contributed by atoms with Gasteiger partial charge in [0.05, 0.1) is 5.57 Å². The number of fused-ring (bicyclic) bond motifs is 1. The number of hydrogen-bond donors (Lipinski definition) is 1. The van der Waals surface area contributed by atoms with Gasteiger partial charge in [-0.25, -0.2) is 4.79 Å². The third kappa shape index (κ3) is 2.82. The summed E-state index contributed by atoms with van der Waals surface area (Å²) in [4.78, 5) is 12.0. The maximum absolute atomic E-state index is 12.0. The van der Waals surface area contributed by atoms with Gasteiger partial charge in [-0.05, 0) is 32.2 Å². The van der Waals surface area contributed by atoms with Crippen molar-refractivity contribution < 1.29 is 14.6 Å². The molecule has 1 N–H and O–H groups in total. The lowest BCUT2D eigenvalue weighted by molar-refractivity contribution is -0.147. The molecule has 0 fully saturated rings. The third-order valence-corrected chi connectivity index (χ3v) is 2.87. The van der Waals surface area contributed by atoms with E-state index >= 15 is 0 Å². The van der Waals surface area contributed by atoms with Gasteiger partial charge in [-0.2, -0.15) is 0 Å². The van der Waals surface area contributed by atoms with Crippen molar-refractivity contribution in [3.63, 3.8) is 0 Å². The molecule has 104 valence electrons. The number of carbonyl (C=O) groups excluding carboxylic acids is 1. The Kier molecular flexibility index (Phi) is 3.53. The summed E-state index contributed by atoms with van der Waals surface area (Å²) >= 11 is 0. The van der Waals surface area contributed by atoms with Crippen LogP contribution in [-0.2, 0) is 9.53 Å². The number of carbonyl (C=O) groups is 1. The Bertz CT molecular complexity index is 678. The Labute approximate surface area is 118 Å². The van der Waals surface area contributed by atoms with Crippen LogP contribution in [0, 0.1) is 0 Å². The Morgan fingerprint density at radius 1 is 1.15 bits per heavy atom. The van der Waals surface area contributed by atoms with Gasteiger partial charge in [0.2, 0.25) is 0 Å². The molecule has 0 atom stereocenters. The Morgan fingerprint density at radius 2 is 1.80 bits per heavy atom. The molecule has 0 aliphatic carbocycles. The molecule has 0 aliphatic heterocycles. The molecule has 0 heterocycles. The zero-order chi connectivity index (χ0) is 14.9. The molecule has 0 unspecified atom stereocenters. The lowest BCUT2D eigenvalue weighted by atomic mass is 10.0. The molecular weight excluding hydrogens is 252 g/mol. The SMILES string of the molecule is C=C(C(=O)OC(C)(C)C)c1ccc2ccccc2c1O. The first-order valence-corrected chi connectivity index (χ1v) is 6.43. The fraction of sp³-hybridized carbons (Fsp3) is 0.235. The fourth-order valence-electron chi connectivity index (χ4n) is 1.95. The van der Waals surface area contributed by atoms with Gasteiger partial charge in [-0.3, -0.25) is 0 Å². The Hall–Kier alpha value is -2.29. The third-order valence-electron chi connectivity index (χ3n) is 2.87. The van der Waals surface area contributed by atoms with Gasteiger partial charge in [-0.15, -0.1) is 0 Å². The second-order valence-corrected chi connectivity index (χ2v) is 5.66. The van der Waals surface area contributed by atoms with Gasteiger partial charge < -0.3 is 9.84 Å². The lowest BCUT2D eigenvalue weighted by Gasteiger charge is -2.20. The first-order valence-electron chi connectivity index (χ1n) is 6.43. The van der Waals surface area contributed by atoms with Crippen LogP contribution in [0.5, 0.6) is 5.75 Å². The van der Waals surface area contributed by atoms with Crippen molar-refractivity contribution in [1.82, 2.24) is 0 Å². The molecule has 0 amide bonds. The predicted octanol–water partition coefficient (Wildman–Crippen LogP) is 3.90. The monoisotopic (exact) mass is 270 g/mol. The number of phenols is 1. The predicted molar refractivity (Wildman–Crippen MR) is 80.5 cm³/mol. The van der Waals surface area contributed by atoms with Crippen molar-refractivity contribution in [3.05, 3.63) is 48.5 Å². The zero-order valence-corrected chi connectivity index (χ0v) is 11.9. The maximum Gasteiger partial charge on any atom is 0.338 e. The minimum absolute atomic E-state index is 0.0546. The van der Waals surface area contributed by atoms with Crippen LogP contribution in [-0.4, -0.2) is 16.7 Å². The van der Waals surface area contributed by atoms with E-state index in [0.29, 0.717) is 10.9 Å². The van der Waals surface area contributed by atoms with Crippen molar-refractivity contribution in [2.24, 2.45) is 0 Å². The van der Waals surface area contributed by atoms with Crippen molar-refractivity contribution >= 4 is 22.3 Å². The van der Waals surface area contributed by atoms with Gasteiger partial charge in [0.25, 0.3) is 0 Å². The molecule has 2 aromatic rings. The van der Waals surface area contributed by atoms with Gasteiger partial charge >= 0.3 is 5.97 Å². The molecule has 2 aromatic carbocycles. The quantitative estimate of drug-likeness (QED) is 0.665.